The van der Waals surface area contributed by atoms with Gasteiger partial charge in [-0.3, -0.25) is 4.79 Å². The molecule has 0 radical (unpaired) electrons. The summed E-state index contributed by atoms with van der Waals surface area (Å²) in [5, 5.41) is 6.04. The van der Waals surface area contributed by atoms with Crippen molar-refractivity contribution in [1.29, 1.82) is 0 Å². The Bertz CT molecular complexity index is 379. The van der Waals surface area contributed by atoms with Crippen molar-refractivity contribution in [2.45, 2.75) is 13.3 Å². The third kappa shape index (κ3) is 5.14. The van der Waals surface area contributed by atoms with Gasteiger partial charge in [-0.05, 0) is 32.6 Å². The van der Waals surface area contributed by atoms with Gasteiger partial charge in [0.15, 0.2) is 0 Å². The number of rotatable bonds is 7. The molecule has 0 bridgehead atoms. The fourth-order valence-corrected chi connectivity index (χ4v) is 1.42. The zero-order valence-electron chi connectivity index (χ0n) is 11.4. The van der Waals surface area contributed by atoms with E-state index in [1.165, 1.54) is 0 Å². The van der Waals surface area contributed by atoms with Gasteiger partial charge in [-0.1, -0.05) is 6.92 Å². The van der Waals surface area contributed by atoms with E-state index in [0.29, 0.717) is 12.1 Å². The highest BCUT2D eigenvalue weighted by molar-refractivity contribution is 5.94. The lowest BCUT2D eigenvalue weighted by Crippen LogP contribution is -2.24. The summed E-state index contributed by atoms with van der Waals surface area (Å²) in [6.07, 6.45) is 2.59. The SMILES string of the molecule is CCCNC(=O)c1ccnc(NCCN(C)C)c1. The summed E-state index contributed by atoms with van der Waals surface area (Å²) in [7, 11) is 4.04. The molecule has 1 aromatic rings. The van der Waals surface area contributed by atoms with Crippen molar-refractivity contribution in [2.24, 2.45) is 0 Å². The van der Waals surface area contributed by atoms with E-state index in [9.17, 15) is 4.79 Å². The van der Waals surface area contributed by atoms with Crippen molar-refractivity contribution < 1.29 is 4.79 Å². The first-order valence-electron chi connectivity index (χ1n) is 6.26. The number of hydrogen-bond donors (Lipinski definition) is 2. The normalized spacial score (nSPS) is 10.4. The first-order chi connectivity index (χ1) is 8.63. The second-order valence-electron chi connectivity index (χ2n) is 4.42. The van der Waals surface area contributed by atoms with E-state index in [1.54, 1.807) is 18.3 Å². The van der Waals surface area contributed by atoms with E-state index in [-0.39, 0.29) is 5.91 Å². The summed E-state index contributed by atoms with van der Waals surface area (Å²) in [5.74, 6) is 0.691. The van der Waals surface area contributed by atoms with Crippen LogP contribution in [0.5, 0.6) is 0 Å². The molecular formula is C13H22N4O. The Morgan fingerprint density at radius 3 is 2.83 bits per heavy atom. The van der Waals surface area contributed by atoms with Crippen molar-refractivity contribution >= 4 is 11.7 Å². The maximum Gasteiger partial charge on any atom is 0.251 e. The molecule has 0 aromatic carbocycles. The number of nitrogens with one attached hydrogen (secondary N) is 2. The smallest absolute Gasteiger partial charge is 0.251 e. The standard InChI is InChI=1S/C13H22N4O/c1-4-6-16-13(18)11-5-7-14-12(10-11)15-8-9-17(2)3/h5,7,10H,4,6,8-9H2,1-3H3,(H,14,15)(H,16,18). The lowest BCUT2D eigenvalue weighted by molar-refractivity contribution is 0.0953. The Morgan fingerprint density at radius 1 is 1.39 bits per heavy atom. The highest BCUT2D eigenvalue weighted by Gasteiger charge is 2.05. The maximum absolute atomic E-state index is 11.8. The third-order valence-corrected chi connectivity index (χ3v) is 2.42. The lowest BCUT2D eigenvalue weighted by Gasteiger charge is -2.11. The molecule has 1 aromatic heterocycles. The molecule has 100 valence electrons. The maximum atomic E-state index is 11.8. The molecule has 0 spiro atoms. The van der Waals surface area contributed by atoms with Gasteiger partial charge in [0, 0.05) is 31.4 Å². The van der Waals surface area contributed by atoms with Gasteiger partial charge in [0.2, 0.25) is 0 Å². The summed E-state index contributed by atoms with van der Waals surface area (Å²) >= 11 is 0. The van der Waals surface area contributed by atoms with Gasteiger partial charge in [-0.2, -0.15) is 0 Å². The average molecular weight is 250 g/mol. The third-order valence-electron chi connectivity index (χ3n) is 2.42. The number of pyridine rings is 1. The van der Waals surface area contributed by atoms with Crippen molar-refractivity contribution in [3.63, 3.8) is 0 Å². The highest BCUT2D eigenvalue weighted by Crippen LogP contribution is 2.06. The number of hydrogen-bond acceptors (Lipinski definition) is 4. The number of likely N-dealkylation sites (N-methyl/N-ethyl adjacent to an activating group) is 1. The number of nitrogens with zero attached hydrogens (tertiary/aromatic N) is 2. The van der Waals surface area contributed by atoms with Crippen molar-refractivity contribution in [3.05, 3.63) is 23.9 Å². The van der Waals surface area contributed by atoms with Gasteiger partial charge in [0.1, 0.15) is 5.82 Å². The molecule has 1 rings (SSSR count). The molecule has 0 aliphatic rings. The highest BCUT2D eigenvalue weighted by atomic mass is 16.1. The van der Waals surface area contributed by atoms with E-state index < -0.39 is 0 Å². The molecule has 2 N–H and O–H groups in total. The van der Waals surface area contributed by atoms with Gasteiger partial charge < -0.3 is 15.5 Å². The van der Waals surface area contributed by atoms with E-state index >= 15 is 0 Å². The second kappa shape index (κ2) is 7.66. The Kier molecular flexibility index (Phi) is 6.14. The van der Waals surface area contributed by atoms with Crippen LogP contribution >= 0.6 is 0 Å². The molecule has 1 heterocycles. The first kappa shape index (κ1) is 14.4. The summed E-state index contributed by atoms with van der Waals surface area (Å²) in [6, 6.07) is 3.50. The summed E-state index contributed by atoms with van der Waals surface area (Å²) in [5.41, 5.74) is 0.644. The van der Waals surface area contributed by atoms with Crippen LogP contribution in [0.25, 0.3) is 0 Å². The van der Waals surface area contributed by atoms with Gasteiger partial charge in [-0.25, -0.2) is 4.98 Å². The van der Waals surface area contributed by atoms with E-state index in [1.807, 2.05) is 21.0 Å². The first-order valence-corrected chi connectivity index (χ1v) is 6.26. The molecule has 0 saturated heterocycles. The minimum Gasteiger partial charge on any atom is -0.369 e. The largest absolute Gasteiger partial charge is 0.369 e. The topological polar surface area (TPSA) is 57.3 Å². The van der Waals surface area contributed by atoms with Crippen molar-refractivity contribution in [1.82, 2.24) is 15.2 Å². The van der Waals surface area contributed by atoms with Gasteiger partial charge in [-0.15, -0.1) is 0 Å². The van der Waals surface area contributed by atoms with Crippen molar-refractivity contribution in [2.75, 3.05) is 39.0 Å². The van der Waals surface area contributed by atoms with Crippen LogP contribution in [0.15, 0.2) is 18.3 Å². The molecule has 0 unspecified atom stereocenters. The molecule has 0 fully saturated rings. The average Bonchev–Trinajstić information content (AvgIpc) is 2.36. The zero-order chi connectivity index (χ0) is 13.4. The fourth-order valence-electron chi connectivity index (χ4n) is 1.42. The van der Waals surface area contributed by atoms with Gasteiger partial charge in [0.05, 0.1) is 0 Å². The van der Waals surface area contributed by atoms with Gasteiger partial charge in [0.25, 0.3) is 5.91 Å². The quantitative estimate of drug-likeness (QED) is 0.763. The molecule has 5 heteroatoms. The Balaban J connectivity index is 2.53. The minimum absolute atomic E-state index is 0.0464. The van der Waals surface area contributed by atoms with Crippen LogP contribution in [-0.4, -0.2) is 49.5 Å². The summed E-state index contributed by atoms with van der Waals surface area (Å²) in [6.45, 7) is 4.46. The molecule has 0 atom stereocenters. The monoisotopic (exact) mass is 250 g/mol. The van der Waals surface area contributed by atoms with E-state index in [2.05, 4.69) is 20.5 Å². The van der Waals surface area contributed by atoms with E-state index in [0.717, 1.165) is 25.3 Å². The van der Waals surface area contributed by atoms with Crippen molar-refractivity contribution in [3.8, 4) is 0 Å². The molecule has 0 aliphatic carbocycles. The zero-order valence-corrected chi connectivity index (χ0v) is 11.4. The summed E-state index contributed by atoms with van der Waals surface area (Å²) in [4.78, 5) is 18.0. The van der Waals surface area contributed by atoms with E-state index in [4.69, 9.17) is 0 Å². The number of carbonyl (C=O) groups is 1. The van der Waals surface area contributed by atoms with Crippen LogP contribution < -0.4 is 10.6 Å². The number of carbonyl (C=O) groups excluding carboxylic acids is 1. The fraction of sp³-hybridized carbons (Fsp3) is 0.538. The lowest BCUT2D eigenvalue weighted by atomic mass is 10.2. The van der Waals surface area contributed by atoms with Crippen LogP contribution in [-0.2, 0) is 0 Å². The molecule has 18 heavy (non-hydrogen) atoms. The van der Waals surface area contributed by atoms with Crippen LogP contribution in [0.1, 0.15) is 23.7 Å². The number of amides is 1. The van der Waals surface area contributed by atoms with Crippen LogP contribution in [0.2, 0.25) is 0 Å². The Hall–Kier alpha value is -1.62. The molecule has 1 amide bonds. The van der Waals surface area contributed by atoms with Gasteiger partial charge >= 0.3 is 0 Å². The predicted octanol–water partition coefficient (Wildman–Crippen LogP) is 1.19. The van der Waals surface area contributed by atoms with Crippen LogP contribution in [0.3, 0.4) is 0 Å². The predicted molar refractivity (Wildman–Crippen MR) is 73.9 cm³/mol. The number of aromatic nitrogens is 1. The molecule has 0 saturated carbocycles. The molecule has 0 aliphatic heterocycles. The second-order valence-corrected chi connectivity index (χ2v) is 4.42. The molecule has 5 nitrogen and oxygen atoms in total. The Morgan fingerprint density at radius 2 is 2.17 bits per heavy atom. The summed E-state index contributed by atoms with van der Waals surface area (Å²) < 4.78 is 0. The Labute approximate surface area is 109 Å². The number of anilines is 1. The van der Waals surface area contributed by atoms with Crippen LogP contribution in [0.4, 0.5) is 5.82 Å². The van der Waals surface area contributed by atoms with Crippen LogP contribution in [0, 0.1) is 0 Å². The minimum atomic E-state index is -0.0464. The molecular weight excluding hydrogens is 228 g/mol.